The highest BCUT2D eigenvalue weighted by atomic mass is 19.1. The van der Waals surface area contributed by atoms with Gasteiger partial charge in [0.2, 0.25) is 5.91 Å². The maximum atomic E-state index is 14.8. The number of benzene rings is 2. The molecule has 0 aliphatic heterocycles. The number of guanidine groups is 1. The van der Waals surface area contributed by atoms with Crippen molar-refractivity contribution in [3.05, 3.63) is 72.3 Å². The molecule has 3 rings (SSSR count). The summed E-state index contributed by atoms with van der Waals surface area (Å²) in [7, 11) is 1.65. The van der Waals surface area contributed by atoms with E-state index in [4.69, 9.17) is 11.1 Å². The highest BCUT2D eigenvalue weighted by Gasteiger charge is 2.23. The number of hydrogen-bond donors (Lipinski definition) is 3. The van der Waals surface area contributed by atoms with Crippen molar-refractivity contribution in [1.29, 1.82) is 5.41 Å². The third-order valence-corrected chi connectivity index (χ3v) is 4.61. The van der Waals surface area contributed by atoms with Gasteiger partial charge in [0.1, 0.15) is 0 Å². The Morgan fingerprint density at radius 1 is 1.25 bits per heavy atom. The largest absolute Gasteiger partial charge is 0.370 e. The zero-order chi connectivity index (χ0) is 20.1. The van der Waals surface area contributed by atoms with Gasteiger partial charge in [-0.05, 0) is 24.1 Å². The van der Waals surface area contributed by atoms with Gasteiger partial charge < -0.3 is 16.0 Å². The molecule has 1 amide bonds. The molecule has 7 heteroatoms. The molecule has 6 nitrogen and oxygen atoms in total. The maximum Gasteiger partial charge on any atom is 0.229 e. The lowest BCUT2D eigenvalue weighted by molar-refractivity contribution is -0.120. The molecule has 1 unspecified atom stereocenters. The van der Waals surface area contributed by atoms with E-state index in [9.17, 15) is 9.18 Å². The van der Waals surface area contributed by atoms with Crippen LogP contribution in [0.15, 0.2) is 60.9 Å². The van der Waals surface area contributed by atoms with Gasteiger partial charge in [-0.2, -0.15) is 0 Å². The van der Waals surface area contributed by atoms with Gasteiger partial charge in [-0.1, -0.05) is 36.4 Å². The summed E-state index contributed by atoms with van der Waals surface area (Å²) >= 11 is 0. The summed E-state index contributed by atoms with van der Waals surface area (Å²) < 4.78 is 14.8. The zero-order valence-corrected chi connectivity index (χ0v) is 15.5. The number of nitrogens with one attached hydrogen (secondary N) is 2. The van der Waals surface area contributed by atoms with Gasteiger partial charge in [-0.3, -0.25) is 15.2 Å². The summed E-state index contributed by atoms with van der Waals surface area (Å²) in [6.07, 6.45) is 3.53. The van der Waals surface area contributed by atoms with E-state index in [1.807, 2.05) is 30.3 Å². The number of carbonyl (C=O) groups excluding carboxylic acids is 1. The number of carbonyl (C=O) groups is 1. The Morgan fingerprint density at radius 3 is 2.71 bits per heavy atom. The van der Waals surface area contributed by atoms with Crippen molar-refractivity contribution in [2.45, 2.75) is 6.42 Å². The molecule has 0 aliphatic carbocycles. The Balaban J connectivity index is 1.84. The molecule has 1 heterocycles. The lowest BCUT2D eigenvalue weighted by Crippen LogP contribution is -2.41. The van der Waals surface area contributed by atoms with Crippen LogP contribution in [0.4, 0.5) is 10.1 Å². The van der Waals surface area contributed by atoms with Gasteiger partial charge in [0.25, 0.3) is 0 Å². The van der Waals surface area contributed by atoms with E-state index < -0.39 is 11.7 Å². The van der Waals surface area contributed by atoms with Crippen LogP contribution in [0.2, 0.25) is 0 Å². The SMILES string of the molecule is CN(CC(Cc1ccccc1)C(=O)Nc1ccc2cnccc2c1F)C(=N)N. The second kappa shape index (κ2) is 8.47. The van der Waals surface area contributed by atoms with Crippen molar-refractivity contribution in [1.82, 2.24) is 9.88 Å². The molecule has 1 aromatic heterocycles. The van der Waals surface area contributed by atoms with E-state index >= 15 is 0 Å². The fourth-order valence-corrected chi connectivity index (χ4v) is 3.03. The summed E-state index contributed by atoms with van der Waals surface area (Å²) in [4.78, 5) is 18.4. The number of amides is 1. The van der Waals surface area contributed by atoms with E-state index in [1.165, 1.54) is 17.2 Å². The van der Waals surface area contributed by atoms with Crippen LogP contribution in [-0.4, -0.2) is 35.3 Å². The topological polar surface area (TPSA) is 95.1 Å². The molecule has 0 fully saturated rings. The minimum atomic E-state index is -0.510. The summed E-state index contributed by atoms with van der Waals surface area (Å²) in [6, 6.07) is 14.4. The number of pyridine rings is 1. The molecule has 3 aromatic rings. The average Bonchev–Trinajstić information content (AvgIpc) is 2.70. The van der Waals surface area contributed by atoms with Gasteiger partial charge in [0.05, 0.1) is 11.6 Å². The molecule has 28 heavy (non-hydrogen) atoms. The Bertz CT molecular complexity index is 993. The van der Waals surface area contributed by atoms with Crippen LogP contribution in [0.25, 0.3) is 10.8 Å². The fourth-order valence-electron chi connectivity index (χ4n) is 3.03. The third-order valence-electron chi connectivity index (χ3n) is 4.61. The molecule has 0 radical (unpaired) electrons. The number of nitrogens with zero attached hydrogens (tertiary/aromatic N) is 2. The van der Waals surface area contributed by atoms with Crippen LogP contribution in [-0.2, 0) is 11.2 Å². The van der Waals surface area contributed by atoms with Crippen molar-refractivity contribution < 1.29 is 9.18 Å². The van der Waals surface area contributed by atoms with Crippen LogP contribution in [0, 0.1) is 17.1 Å². The number of halogens is 1. The lowest BCUT2D eigenvalue weighted by atomic mass is 9.97. The van der Waals surface area contributed by atoms with Crippen LogP contribution >= 0.6 is 0 Å². The number of nitrogens with two attached hydrogens (primary N) is 1. The quantitative estimate of drug-likeness (QED) is 0.453. The van der Waals surface area contributed by atoms with Gasteiger partial charge in [-0.25, -0.2) is 4.39 Å². The number of anilines is 1. The Kier molecular flexibility index (Phi) is 5.84. The van der Waals surface area contributed by atoms with E-state index in [0.717, 1.165) is 5.56 Å². The fraction of sp³-hybridized carbons (Fsp3) is 0.190. The number of aromatic nitrogens is 1. The first-order valence-electron chi connectivity index (χ1n) is 8.88. The maximum absolute atomic E-state index is 14.8. The summed E-state index contributed by atoms with van der Waals surface area (Å²) in [5, 5.41) is 11.3. The van der Waals surface area contributed by atoms with E-state index in [0.29, 0.717) is 17.2 Å². The normalized spacial score (nSPS) is 11.8. The second-order valence-corrected chi connectivity index (χ2v) is 6.67. The van der Waals surface area contributed by atoms with Crippen LogP contribution < -0.4 is 11.1 Å². The summed E-state index contributed by atoms with van der Waals surface area (Å²) in [5.74, 6) is -1.46. The van der Waals surface area contributed by atoms with Crippen molar-refractivity contribution >= 4 is 28.3 Å². The molecule has 0 saturated carbocycles. The molecule has 2 aromatic carbocycles. The van der Waals surface area contributed by atoms with Gasteiger partial charge in [-0.15, -0.1) is 0 Å². The highest BCUT2D eigenvalue weighted by Crippen LogP contribution is 2.24. The predicted molar refractivity (Wildman–Crippen MR) is 109 cm³/mol. The Morgan fingerprint density at radius 2 is 2.00 bits per heavy atom. The molecule has 0 bridgehead atoms. The van der Waals surface area contributed by atoms with Crippen molar-refractivity contribution in [2.75, 3.05) is 18.9 Å². The minimum Gasteiger partial charge on any atom is -0.370 e. The Hall–Kier alpha value is -3.48. The summed E-state index contributed by atoms with van der Waals surface area (Å²) in [6.45, 7) is 0.245. The molecular weight excluding hydrogens is 357 g/mol. The smallest absolute Gasteiger partial charge is 0.229 e. The predicted octanol–water partition coefficient (Wildman–Crippen LogP) is 3.00. The standard InChI is InChI=1S/C21H22FN5O/c1-27(21(23)24)13-16(11-14-5-3-2-4-6-14)20(28)26-18-8-7-15-12-25-10-9-17(15)19(18)22/h2-10,12,16H,11,13H2,1H3,(H3,23,24)(H,26,28). The second-order valence-electron chi connectivity index (χ2n) is 6.67. The average molecular weight is 379 g/mol. The van der Waals surface area contributed by atoms with E-state index in [-0.39, 0.29) is 24.1 Å². The molecule has 144 valence electrons. The molecule has 0 saturated heterocycles. The summed E-state index contributed by atoms with van der Waals surface area (Å²) in [5.41, 5.74) is 6.62. The van der Waals surface area contributed by atoms with Crippen molar-refractivity contribution in [2.24, 2.45) is 11.7 Å². The first-order chi connectivity index (χ1) is 13.5. The van der Waals surface area contributed by atoms with E-state index in [1.54, 1.807) is 25.4 Å². The lowest BCUT2D eigenvalue weighted by Gasteiger charge is -2.24. The first-order valence-corrected chi connectivity index (χ1v) is 8.88. The number of fused-ring (bicyclic) bond motifs is 1. The first kappa shape index (κ1) is 19.3. The van der Waals surface area contributed by atoms with Gasteiger partial charge in [0.15, 0.2) is 11.8 Å². The number of rotatable bonds is 6. The molecule has 0 aliphatic rings. The molecule has 4 N–H and O–H groups in total. The molecule has 1 atom stereocenters. The van der Waals surface area contributed by atoms with Crippen molar-refractivity contribution in [3.63, 3.8) is 0 Å². The van der Waals surface area contributed by atoms with Crippen LogP contribution in [0.1, 0.15) is 5.56 Å². The number of hydrogen-bond acceptors (Lipinski definition) is 3. The molecule has 0 spiro atoms. The Labute approximate surface area is 162 Å². The monoisotopic (exact) mass is 379 g/mol. The third kappa shape index (κ3) is 4.43. The minimum absolute atomic E-state index is 0.118. The van der Waals surface area contributed by atoms with Gasteiger partial charge >= 0.3 is 0 Å². The highest BCUT2D eigenvalue weighted by molar-refractivity contribution is 5.96. The van der Waals surface area contributed by atoms with Crippen LogP contribution in [0.5, 0.6) is 0 Å². The van der Waals surface area contributed by atoms with Crippen LogP contribution in [0.3, 0.4) is 0 Å². The molecular formula is C21H22FN5O. The zero-order valence-electron chi connectivity index (χ0n) is 15.5. The van der Waals surface area contributed by atoms with Crippen molar-refractivity contribution in [3.8, 4) is 0 Å². The van der Waals surface area contributed by atoms with E-state index in [2.05, 4.69) is 10.3 Å². The van der Waals surface area contributed by atoms with Gasteiger partial charge in [0, 0.05) is 36.8 Å².